The fraction of sp³-hybridized carbons (Fsp3) is 0.308. The van der Waals surface area contributed by atoms with E-state index in [0.29, 0.717) is 42.9 Å². The molecule has 1 atom stereocenters. The second-order valence-electron chi connectivity index (χ2n) is 8.46. The second kappa shape index (κ2) is 11.8. The summed E-state index contributed by atoms with van der Waals surface area (Å²) in [6.45, 7) is 4.95. The summed E-state index contributed by atoms with van der Waals surface area (Å²) in [6, 6.07) is 16.1. The molecular formula is C26H28N4O5S. The Bertz CT molecular complexity index is 1190. The molecule has 2 aromatic carbocycles. The number of rotatable bonds is 11. The van der Waals surface area contributed by atoms with Gasteiger partial charge in [0.2, 0.25) is 16.9 Å². The molecule has 2 heterocycles. The first-order chi connectivity index (χ1) is 17.4. The molecule has 188 valence electrons. The van der Waals surface area contributed by atoms with Gasteiger partial charge in [0, 0.05) is 37.5 Å². The van der Waals surface area contributed by atoms with Gasteiger partial charge < -0.3 is 24.4 Å². The van der Waals surface area contributed by atoms with Gasteiger partial charge in [-0.05, 0) is 55.8 Å². The highest BCUT2D eigenvalue weighted by molar-refractivity contribution is 8.26. The van der Waals surface area contributed by atoms with E-state index in [2.05, 4.69) is 15.3 Å². The van der Waals surface area contributed by atoms with E-state index in [9.17, 15) is 9.59 Å². The third-order valence-corrected chi connectivity index (χ3v) is 5.99. The Morgan fingerprint density at radius 2 is 1.69 bits per heavy atom. The largest absolute Gasteiger partial charge is 0.492 e. The predicted octanol–water partition coefficient (Wildman–Crippen LogP) is 4.47. The van der Waals surface area contributed by atoms with Gasteiger partial charge in [0.15, 0.2) is 0 Å². The van der Waals surface area contributed by atoms with Crippen molar-refractivity contribution < 1.29 is 23.8 Å². The van der Waals surface area contributed by atoms with Crippen LogP contribution in [-0.4, -0.2) is 52.7 Å². The zero-order valence-corrected chi connectivity index (χ0v) is 21.2. The van der Waals surface area contributed by atoms with Crippen molar-refractivity contribution in [2.75, 3.05) is 25.1 Å². The molecule has 1 aromatic heterocycles. The SMILES string of the molecule is CC(C)Oc1ccc(Oc2ccnc(N(C)CCOc3ccc(CC4NC(=O)SC4=O)cc3)n2)cc1. The van der Waals surface area contributed by atoms with Gasteiger partial charge in [0.25, 0.3) is 5.24 Å². The highest BCUT2D eigenvalue weighted by Gasteiger charge is 2.31. The van der Waals surface area contributed by atoms with Crippen LogP contribution in [0.1, 0.15) is 19.4 Å². The van der Waals surface area contributed by atoms with E-state index >= 15 is 0 Å². The number of amides is 1. The molecule has 1 aliphatic heterocycles. The molecule has 1 fully saturated rings. The number of aromatic nitrogens is 2. The maximum absolute atomic E-state index is 11.8. The molecule has 0 saturated carbocycles. The van der Waals surface area contributed by atoms with Crippen LogP contribution in [0.4, 0.5) is 10.7 Å². The van der Waals surface area contributed by atoms with Crippen LogP contribution in [0.3, 0.4) is 0 Å². The highest BCUT2D eigenvalue weighted by Crippen LogP contribution is 2.24. The van der Waals surface area contributed by atoms with Gasteiger partial charge in [-0.1, -0.05) is 12.1 Å². The van der Waals surface area contributed by atoms with E-state index in [1.807, 2.05) is 74.3 Å². The van der Waals surface area contributed by atoms with Crippen molar-refractivity contribution in [2.45, 2.75) is 32.4 Å². The van der Waals surface area contributed by atoms with Gasteiger partial charge >= 0.3 is 0 Å². The third-order valence-electron chi connectivity index (χ3n) is 5.21. The van der Waals surface area contributed by atoms with Crippen LogP contribution >= 0.6 is 11.8 Å². The molecule has 0 aliphatic carbocycles. The summed E-state index contributed by atoms with van der Waals surface area (Å²) in [4.78, 5) is 33.8. The normalized spacial score (nSPS) is 15.1. The zero-order valence-electron chi connectivity index (χ0n) is 20.3. The lowest BCUT2D eigenvalue weighted by atomic mass is 10.1. The zero-order chi connectivity index (χ0) is 25.5. The van der Waals surface area contributed by atoms with E-state index < -0.39 is 6.04 Å². The average Bonchev–Trinajstić information content (AvgIpc) is 3.17. The number of benzene rings is 2. The summed E-state index contributed by atoms with van der Waals surface area (Å²) in [5, 5.41) is 2.23. The number of nitrogens with zero attached hydrogens (tertiary/aromatic N) is 3. The molecule has 4 rings (SSSR count). The monoisotopic (exact) mass is 508 g/mol. The van der Waals surface area contributed by atoms with Crippen molar-refractivity contribution >= 4 is 28.1 Å². The number of likely N-dealkylation sites (N-methyl/N-ethyl adjacent to an activating group) is 1. The lowest BCUT2D eigenvalue weighted by Crippen LogP contribution is -2.30. The molecule has 1 amide bonds. The van der Waals surface area contributed by atoms with E-state index in [4.69, 9.17) is 14.2 Å². The van der Waals surface area contributed by atoms with Gasteiger partial charge in [-0.3, -0.25) is 9.59 Å². The van der Waals surface area contributed by atoms with Crippen LogP contribution in [0.2, 0.25) is 0 Å². The fourth-order valence-corrected chi connectivity index (χ4v) is 4.11. The van der Waals surface area contributed by atoms with Crippen LogP contribution in [0.5, 0.6) is 23.1 Å². The molecule has 10 heteroatoms. The van der Waals surface area contributed by atoms with E-state index in [1.165, 1.54) is 0 Å². The number of ether oxygens (including phenoxy) is 3. The van der Waals surface area contributed by atoms with Gasteiger partial charge in [-0.15, -0.1) is 0 Å². The first-order valence-corrected chi connectivity index (χ1v) is 12.4. The van der Waals surface area contributed by atoms with Crippen molar-refractivity contribution in [1.82, 2.24) is 15.3 Å². The topological polar surface area (TPSA) is 103 Å². The van der Waals surface area contributed by atoms with Gasteiger partial charge in [-0.25, -0.2) is 4.98 Å². The van der Waals surface area contributed by atoms with Crippen LogP contribution in [0.25, 0.3) is 0 Å². The lowest BCUT2D eigenvalue weighted by molar-refractivity contribution is -0.112. The summed E-state index contributed by atoms with van der Waals surface area (Å²) >= 11 is 0.725. The quantitative estimate of drug-likeness (QED) is 0.402. The Kier molecular flexibility index (Phi) is 8.27. The summed E-state index contributed by atoms with van der Waals surface area (Å²) in [6.07, 6.45) is 2.23. The third kappa shape index (κ3) is 7.11. The molecule has 0 radical (unpaired) electrons. The van der Waals surface area contributed by atoms with Gasteiger partial charge in [0.1, 0.15) is 29.9 Å². The van der Waals surface area contributed by atoms with Crippen molar-refractivity contribution in [2.24, 2.45) is 0 Å². The lowest BCUT2D eigenvalue weighted by Gasteiger charge is -2.18. The minimum absolute atomic E-state index is 0.110. The molecule has 0 bridgehead atoms. The number of carbonyl (C=O) groups is 2. The molecule has 1 aliphatic rings. The highest BCUT2D eigenvalue weighted by atomic mass is 32.2. The van der Waals surface area contributed by atoms with Gasteiger partial charge in [-0.2, -0.15) is 4.98 Å². The minimum Gasteiger partial charge on any atom is -0.492 e. The first-order valence-electron chi connectivity index (χ1n) is 11.6. The molecule has 1 N–H and O–H groups in total. The summed E-state index contributed by atoms with van der Waals surface area (Å²) in [5.74, 6) is 3.12. The Morgan fingerprint density at radius 1 is 1.00 bits per heavy atom. The van der Waals surface area contributed by atoms with E-state index in [1.54, 1.807) is 12.3 Å². The number of hydrogen-bond acceptors (Lipinski definition) is 9. The Balaban J connectivity index is 1.25. The maximum Gasteiger partial charge on any atom is 0.287 e. The van der Waals surface area contributed by atoms with Gasteiger partial charge in [0.05, 0.1) is 12.6 Å². The molecular weight excluding hydrogens is 480 g/mol. The number of nitrogens with one attached hydrogen (secondary N) is 1. The number of carbonyl (C=O) groups excluding carboxylic acids is 2. The number of thioether (sulfide) groups is 1. The Hall–Kier alpha value is -3.79. The fourth-order valence-electron chi connectivity index (χ4n) is 3.44. The van der Waals surface area contributed by atoms with Crippen LogP contribution < -0.4 is 24.4 Å². The predicted molar refractivity (Wildman–Crippen MR) is 138 cm³/mol. The first kappa shape index (κ1) is 25.3. The van der Waals surface area contributed by atoms with Crippen molar-refractivity contribution in [3.63, 3.8) is 0 Å². The molecule has 3 aromatic rings. The van der Waals surface area contributed by atoms with E-state index in [0.717, 1.165) is 23.1 Å². The maximum atomic E-state index is 11.8. The van der Waals surface area contributed by atoms with Crippen molar-refractivity contribution in [3.05, 3.63) is 66.4 Å². The smallest absolute Gasteiger partial charge is 0.287 e. The van der Waals surface area contributed by atoms with Crippen LogP contribution in [-0.2, 0) is 11.2 Å². The average molecular weight is 509 g/mol. The standard InChI is InChI=1S/C26H28N4O5S/c1-17(2)34-20-8-10-21(11-9-20)35-23-12-13-27-25(29-23)30(3)14-15-33-19-6-4-18(5-7-19)16-22-24(31)36-26(32)28-22/h4-13,17,22H,14-16H2,1-3H3,(H,28,32). The molecule has 0 spiro atoms. The minimum atomic E-state index is -0.471. The molecule has 1 unspecified atom stereocenters. The number of hydrogen-bond donors (Lipinski definition) is 1. The Labute approximate surface area is 214 Å². The summed E-state index contributed by atoms with van der Waals surface area (Å²) in [5.41, 5.74) is 0.952. The molecule has 9 nitrogen and oxygen atoms in total. The van der Waals surface area contributed by atoms with Crippen LogP contribution in [0.15, 0.2) is 60.8 Å². The summed E-state index contributed by atoms with van der Waals surface area (Å²) in [7, 11) is 1.88. The van der Waals surface area contributed by atoms with Crippen molar-refractivity contribution in [3.8, 4) is 23.1 Å². The summed E-state index contributed by atoms with van der Waals surface area (Å²) < 4.78 is 17.4. The van der Waals surface area contributed by atoms with Crippen LogP contribution in [0, 0.1) is 0 Å². The van der Waals surface area contributed by atoms with E-state index in [-0.39, 0.29) is 16.5 Å². The molecule has 1 saturated heterocycles. The van der Waals surface area contributed by atoms with Crippen molar-refractivity contribution in [1.29, 1.82) is 0 Å². The molecule has 36 heavy (non-hydrogen) atoms. The second-order valence-corrected chi connectivity index (χ2v) is 9.44. The number of anilines is 1. The Morgan fingerprint density at radius 3 is 2.36 bits per heavy atom.